The second kappa shape index (κ2) is 7.48. The van der Waals surface area contributed by atoms with Gasteiger partial charge < -0.3 is 14.2 Å². The Morgan fingerprint density at radius 1 is 1.00 bits per heavy atom. The van der Waals surface area contributed by atoms with Gasteiger partial charge in [-0.3, -0.25) is 9.36 Å². The van der Waals surface area contributed by atoms with E-state index in [1.165, 1.54) is 4.57 Å². The monoisotopic (exact) mass is 385 g/mol. The minimum atomic E-state index is -0.424. The maximum atomic E-state index is 12.6. The van der Waals surface area contributed by atoms with Crippen LogP contribution >= 0.6 is 11.6 Å². The SMILES string of the molecule is O=C(CCn1c(=O)oc2ccccc21)N1CCN(c2ccccc2Cl)CC1. The second-order valence-corrected chi connectivity index (χ2v) is 6.96. The Morgan fingerprint density at radius 2 is 1.70 bits per heavy atom. The van der Waals surface area contributed by atoms with E-state index in [2.05, 4.69) is 4.90 Å². The molecule has 0 saturated carbocycles. The molecule has 0 aliphatic carbocycles. The third-order valence-electron chi connectivity index (χ3n) is 4.95. The molecule has 0 atom stereocenters. The molecular formula is C20H20ClN3O3. The molecule has 2 heterocycles. The van der Waals surface area contributed by atoms with Gasteiger partial charge in [0.2, 0.25) is 5.91 Å². The van der Waals surface area contributed by atoms with Crippen molar-refractivity contribution >= 4 is 34.3 Å². The molecule has 0 spiro atoms. The van der Waals surface area contributed by atoms with Crippen LogP contribution < -0.4 is 10.7 Å². The Bertz CT molecular complexity index is 1020. The predicted octanol–water partition coefficient (Wildman–Crippen LogP) is 2.99. The molecule has 1 amide bonds. The predicted molar refractivity (Wildman–Crippen MR) is 105 cm³/mol. The quantitative estimate of drug-likeness (QED) is 0.692. The van der Waals surface area contributed by atoms with Crippen LogP contribution in [0.5, 0.6) is 0 Å². The number of nitrogens with zero attached hydrogens (tertiary/aromatic N) is 3. The number of benzene rings is 2. The molecule has 1 aliphatic heterocycles. The van der Waals surface area contributed by atoms with Gasteiger partial charge in [-0.1, -0.05) is 35.9 Å². The van der Waals surface area contributed by atoms with Gasteiger partial charge in [-0.25, -0.2) is 4.79 Å². The van der Waals surface area contributed by atoms with Crippen molar-refractivity contribution in [2.45, 2.75) is 13.0 Å². The number of fused-ring (bicyclic) bond motifs is 1. The molecule has 3 aromatic rings. The highest BCUT2D eigenvalue weighted by molar-refractivity contribution is 6.33. The van der Waals surface area contributed by atoms with Gasteiger partial charge in [0.05, 0.1) is 16.2 Å². The Hall–Kier alpha value is -2.73. The van der Waals surface area contributed by atoms with Crippen molar-refractivity contribution in [3.8, 4) is 0 Å². The van der Waals surface area contributed by atoms with Gasteiger partial charge in [-0.2, -0.15) is 0 Å². The summed E-state index contributed by atoms with van der Waals surface area (Å²) in [6, 6.07) is 15.0. The van der Waals surface area contributed by atoms with E-state index in [-0.39, 0.29) is 12.3 Å². The summed E-state index contributed by atoms with van der Waals surface area (Å²) in [5.74, 6) is -0.376. The number of amides is 1. The Morgan fingerprint density at radius 3 is 2.48 bits per heavy atom. The number of anilines is 1. The lowest BCUT2D eigenvalue weighted by Crippen LogP contribution is -2.49. The van der Waals surface area contributed by atoms with Crippen LogP contribution in [0, 0.1) is 0 Å². The Kier molecular flexibility index (Phi) is 4.90. The number of para-hydroxylation sites is 3. The van der Waals surface area contributed by atoms with Crippen molar-refractivity contribution < 1.29 is 9.21 Å². The largest absolute Gasteiger partial charge is 0.419 e. The molecule has 4 rings (SSSR count). The molecule has 0 unspecified atom stereocenters. The maximum absolute atomic E-state index is 12.6. The van der Waals surface area contributed by atoms with Gasteiger partial charge in [0.15, 0.2) is 5.58 Å². The van der Waals surface area contributed by atoms with E-state index in [0.29, 0.717) is 25.2 Å². The number of hydrogen-bond donors (Lipinski definition) is 0. The van der Waals surface area contributed by atoms with Gasteiger partial charge in [0, 0.05) is 39.1 Å². The molecule has 7 heteroatoms. The van der Waals surface area contributed by atoms with Crippen LogP contribution in [0.4, 0.5) is 5.69 Å². The van der Waals surface area contributed by atoms with E-state index >= 15 is 0 Å². The molecule has 27 heavy (non-hydrogen) atoms. The van der Waals surface area contributed by atoms with Crippen LogP contribution in [-0.4, -0.2) is 41.6 Å². The van der Waals surface area contributed by atoms with Gasteiger partial charge in [0.25, 0.3) is 0 Å². The summed E-state index contributed by atoms with van der Waals surface area (Å²) in [6.07, 6.45) is 0.273. The first kappa shape index (κ1) is 17.7. The molecule has 2 aromatic carbocycles. The molecule has 0 N–H and O–H groups in total. The zero-order valence-corrected chi connectivity index (χ0v) is 15.6. The highest BCUT2D eigenvalue weighted by Crippen LogP contribution is 2.26. The number of aromatic nitrogens is 1. The van der Waals surface area contributed by atoms with Gasteiger partial charge in [0.1, 0.15) is 0 Å². The number of carbonyl (C=O) groups is 1. The molecule has 1 saturated heterocycles. The average Bonchev–Trinajstić information content (AvgIpc) is 3.02. The fourth-order valence-corrected chi connectivity index (χ4v) is 3.75. The van der Waals surface area contributed by atoms with Gasteiger partial charge in [-0.05, 0) is 24.3 Å². The van der Waals surface area contributed by atoms with E-state index in [0.717, 1.165) is 29.3 Å². The molecule has 6 nitrogen and oxygen atoms in total. The summed E-state index contributed by atoms with van der Waals surface area (Å²) < 4.78 is 6.74. The fraction of sp³-hybridized carbons (Fsp3) is 0.300. The van der Waals surface area contributed by atoms with E-state index in [9.17, 15) is 9.59 Å². The van der Waals surface area contributed by atoms with E-state index in [4.69, 9.17) is 16.0 Å². The van der Waals surface area contributed by atoms with Crippen molar-refractivity contribution in [1.29, 1.82) is 0 Å². The molecule has 1 aromatic heterocycles. The first-order valence-corrected chi connectivity index (χ1v) is 9.37. The zero-order chi connectivity index (χ0) is 18.8. The van der Waals surface area contributed by atoms with Crippen molar-refractivity contribution in [3.63, 3.8) is 0 Å². The van der Waals surface area contributed by atoms with Crippen molar-refractivity contribution in [2.75, 3.05) is 31.1 Å². The van der Waals surface area contributed by atoms with Crippen LogP contribution in [0.15, 0.2) is 57.7 Å². The molecule has 140 valence electrons. The van der Waals surface area contributed by atoms with Crippen LogP contribution in [0.1, 0.15) is 6.42 Å². The number of hydrogen-bond acceptors (Lipinski definition) is 4. The minimum Gasteiger partial charge on any atom is -0.408 e. The van der Waals surface area contributed by atoms with E-state index in [1.807, 2.05) is 47.4 Å². The fourth-order valence-electron chi connectivity index (χ4n) is 3.50. The lowest BCUT2D eigenvalue weighted by molar-refractivity contribution is -0.131. The Balaban J connectivity index is 1.37. The number of aryl methyl sites for hydroxylation is 1. The maximum Gasteiger partial charge on any atom is 0.419 e. The lowest BCUT2D eigenvalue weighted by atomic mass is 10.2. The Labute approximate surface area is 161 Å². The van der Waals surface area contributed by atoms with Gasteiger partial charge >= 0.3 is 5.76 Å². The number of rotatable bonds is 4. The van der Waals surface area contributed by atoms with Crippen LogP contribution in [0.2, 0.25) is 5.02 Å². The molecule has 0 bridgehead atoms. The number of piperazine rings is 1. The van der Waals surface area contributed by atoms with E-state index in [1.54, 1.807) is 6.07 Å². The first-order chi connectivity index (χ1) is 13.1. The third kappa shape index (κ3) is 3.57. The van der Waals surface area contributed by atoms with Crippen LogP contribution in [0.25, 0.3) is 11.1 Å². The second-order valence-electron chi connectivity index (χ2n) is 6.56. The molecular weight excluding hydrogens is 366 g/mol. The minimum absolute atomic E-state index is 0.0472. The summed E-state index contributed by atoms with van der Waals surface area (Å²) in [5, 5.41) is 0.725. The number of oxazole rings is 1. The summed E-state index contributed by atoms with van der Waals surface area (Å²) in [6.45, 7) is 3.09. The molecule has 1 fully saturated rings. The molecule has 1 aliphatic rings. The van der Waals surface area contributed by atoms with Crippen molar-refractivity contribution in [2.24, 2.45) is 0 Å². The average molecular weight is 386 g/mol. The first-order valence-electron chi connectivity index (χ1n) is 8.99. The van der Waals surface area contributed by atoms with Crippen molar-refractivity contribution in [1.82, 2.24) is 9.47 Å². The van der Waals surface area contributed by atoms with Crippen LogP contribution in [-0.2, 0) is 11.3 Å². The lowest BCUT2D eigenvalue weighted by Gasteiger charge is -2.36. The zero-order valence-electron chi connectivity index (χ0n) is 14.8. The summed E-state index contributed by atoms with van der Waals surface area (Å²) in [7, 11) is 0. The summed E-state index contributed by atoms with van der Waals surface area (Å²) in [4.78, 5) is 28.6. The van der Waals surface area contributed by atoms with E-state index < -0.39 is 5.76 Å². The van der Waals surface area contributed by atoms with Gasteiger partial charge in [-0.15, -0.1) is 0 Å². The standard InChI is InChI=1S/C20H20ClN3O3/c21-15-5-1-2-6-16(15)22-11-13-23(14-12-22)19(25)9-10-24-17-7-3-4-8-18(17)27-20(24)26/h1-8H,9-14H2. The summed E-state index contributed by atoms with van der Waals surface area (Å²) in [5.41, 5.74) is 2.27. The van der Waals surface area contributed by atoms with Crippen LogP contribution in [0.3, 0.4) is 0 Å². The summed E-state index contributed by atoms with van der Waals surface area (Å²) >= 11 is 6.26. The van der Waals surface area contributed by atoms with Crippen molar-refractivity contribution in [3.05, 3.63) is 64.1 Å². The number of carbonyl (C=O) groups excluding carboxylic acids is 1. The highest BCUT2D eigenvalue weighted by atomic mass is 35.5. The topological polar surface area (TPSA) is 58.7 Å². The highest BCUT2D eigenvalue weighted by Gasteiger charge is 2.22. The normalized spacial score (nSPS) is 14.7. The smallest absolute Gasteiger partial charge is 0.408 e. The molecule has 0 radical (unpaired) electrons. The third-order valence-corrected chi connectivity index (χ3v) is 5.27. The number of halogens is 1.